The lowest BCUT2D eigenvalue weighted by atomic mass is 10.3. The Morgan fingerprint density at radius 2 is 1.97 bits per heavy atom. The highest BCUT2D eigenvalue weighted by Crippen LogP contribution is 2.21. The molecule has 0 aliphatic rings. The van der Waals surface area contributed by atoms with Crippen LogP contribution < -0.4 is 9.62 Å². The molecule has 9 nitrogen and oxygen atoms in total. The summed E-state index contributed by atoms with van der Waals surface area (Å²) in [5, 5.41) is 8.27. The lowest BCUT2D eigenvalue weighted by molar-refractivity contribution is -0.119. The van der Waals surface area contributed by atoms with E-state index in [1.54, 1.807) is 0 Å². The Morgan fingerprint density at radius 3 is 2.59 bits per heavy atom. The Kier molecular flexibility index (Phi) is 6.25. The van der Waals surface area contributed by atoms with Gasteiger partial charge in [-0.3, -0.25) is 4.79 Å². The first-order chi connectivity index (χ1) is 13.8. The molecule has 2 heterocycles. The van der Waals surface area contributed by atoms with Crippen LogP contribution >= 0.6 is 11.3 Å². The maximum atomic E-state index is 13.2. The number of hydrogen-bond donors (Lipinski definition) is 1. The van der Waals surface area contributed by atoms with Crippen molar-refractivity contribution >= 4 is 33.1 Å². The Hall–Kier alpha value is -2.83. The normalized spacial score (nSPS) is 11.6. The molecule has 0 bridgehead atoms. The van der Waals surface area contributed by atoms with Crippen LogP contribution in [0.15, 0.2) is 46.3 Å². The Balaban J connectivity index is 1.69. The number of nitrogens with zero attached hydrogens (tertiary/aromatic N) is 4. The second-order valence-corrected chi connectivity index (χ2v) is 9.05. The highest BCUT2D eigenvalue weighted by molar-refractivity contribution is 7.90. The summed E-state index contributed by atoms with van der Waals surface area (Å²) in [6.07, 6.45) is 0. The molecule has 0 saturated heterocycles. The molecule has 1 amide bonds. The van der Waals surface area contributed by atoms with Crippen LogP contribution in [-0.2, 0) is 21.5 Å². The minimum atomic E-state index is -3.98. The van der Waals surface area contributed by atoms with Crippen LogP contribution in [0.5, 0.6) is 0 Å². The molecule has 0 radical (unpaired) electrons. The molecule has 0 unspecified atom stereocenters. The Bertz CT molecular complexity index is 1070. The van der Waals surface area contributed by atoms with Crippen molar-refractivity contribution in [2.75, 3.05) is 24.9 Å². The molecule has 1 N–H and O–H groups in total. The first-order valence-corrected chi connectivity index (χ1v) is 10.6. The number of nitrogens with one attached hydrogen (secondary N) is 1. The van der Waals surface area contributed by atoms with E-state index in [0.29, 0.717) is 5.82 Å². The molecule has 3 rings (SSSR count). The summed E-state index contributed by atoms with van der Waals surface area (Å²) in [7, 11) is -1.29. The zero-order valence-electron chi connectivity index (χ0n) is 15.6. The molecule has 2 aromatic heterocycles. The highest BCUT2D eigenvalue weighted by atomic mass is 32.2. The van der Waals surface area contributed by atoms with Crippen LogP contribution in [0.25, 0.3) is 10.7 Å². The van der Waals surface area contributed by atoms with Gasteiger partial charge in [0.25, 0.3) is 0 Å². The molecule has 29 heavy (non-hydrogen) atoms. The van der Waals surface area contributed by atoms with E-state index in [4.69, 9.17) is 4.52 Å². The van der Waals surface area contributed by atoms with Gasteiger partial charge in [-0.15, -0.1) is 11.3 Å². The van der Waals surface area contributed by atoms with Gasteiger partial charge in [-0.05, 0) is 35.7 Å². The van der Waals surface area contributed by atoms with Crippen LogP contribution in [0.3, 0.4) is 0 Å². The predicted molar refractivity (Wildman–Crippen MR) is 106 cm³/mol. The minimum Gasteiger partial charge on any atom is -0.345 e. The van der Waals surface area contributed by atoms with Crippen LogP contribution in [-0.4, -0.2) is 49.4 Å². The van der Waals surface area contributed by atoms with Crippen molar-refractivity contribution in [2.24, 2.45) is 0 Å². The molecule has 1 aromatic carbocycles. The summed E-state index contributed by atoms with van der Waals surface area (Å²) in [5.74, 6) is -0.508. The second kappa shape index (κ2) is 8.68. The van der Waals surface area contributed by atoms with Crippen LogP contribution in [0.2, 0.25) is 0 Å². The van der Waals surface area contributed by atoms with E-state index in [9.17, 15) is 17.6 Å². The Labute approximate surface area is 170 Å². The van der Waals surface area contributed by atoms with Gasteiger partial charge in [0, 0.05) is 14.1 Å². The molecular formula is C17H18FN5O4S2. The molecule has 0 saturated carbocycles. The largest absolute Gasteiger partial charge is 0.345 e. The fourth-order valence-corrected chi connectivity index (χ4v) is 4.02. The third kappa shape index (κ3) is 4.96. The molecule has 3 aromatic rings. The fourth-order valence-electron chi connectivity index (χ4n) is 2.30. The number of carbonyl (C=O) groups excluding carboxylic acids is 1. The topological polar surface area (TPSA) is 109 Å². The molecule has 0 spiro atoms. The molecule has 0 aliphatic carbocycles. The van der Waals surface area contributed by atoms with Crippen LogP contribution in [0.1, 0.15) is 5.89 Å². The number of halogens is 1. The summed E-state index contributed by atoms with van der Waals surface area (Å²) in [5.41, 5.74) is 0.160. The molecular weight excluding hydrogens is 421 g/mol. The SMILES string of the molecule is CN(C)S(=O)(=O)N(CC(=O)NCc1nc(-c2cccs2)no1)c1ccc(F)cc1. The van der Waals surface area contributed by atoms with E-state index in [1.165, 1.54) is 37.6 Å². The monoisotopic (exact) mass is 439 g/mol. The van der Waals surface area contributed by atoms with E-state index in [0.717, 1.165) is 25.6 Å². The first kappa shape index (κ1) is 20.9. The quantitative estimate of drug-likeness (QED) is 0.574. The molecule has 154 valence electrons. The van der Waals surface area contributed by atoms with Crippen molar-refractivity contribution in [1.82, 2.24) is 19.8 Å². The lowest BCUT2D eigenvalue weighted by Gasteiger charge is -2.26. The van der Waals surface area contributed by atoms with Crippen molar-refractivity contribution in [1.29, 1.82) is 0 Å². The standard InChI is InChI=1S/C17H18FN5O4S2/c1-22(2)29(25,26)23(13-7-5-12(18)6-8-13)11-15(24)19-10-16-20-17(21-27-16)14-4-3-9-28-14/h3-9H,10-11H2,1-2H3,(H,19,24). The van der Waals surface area contributed by atoms with Gasteiger partial charge in [0.1, 0.15) is 12.4 Å². The number of rotatable bonds is 8. The summed E-state index contributed by atoms with van der Waals surface area (Å²) < 4.78 is 45.3. The number of aromatic nitrogens is 2. The smallest absolute Gasteiger partial charge is 0.304 e. The number of thiophene rings is 1. The van der Waals surface area contributed by atoms with Gasteiger partial charge in [-0.25, -0.2) is 8.70 Å². The van der Waals surface area contributed by atoms with Gasteiger partial charge in [0.2, 0.25) is 17.6 Å². The van der Waals surface area contributed by atoms with Crippen LogP contribution in [0, 0.1) is 5.82 Å². The van der Waals surface area contributed by atoms with Crippen molar-refractivity contribution in [3.63, 3.8) is 0 Å². The van der Waals surface area contributed by atoms with Crippen LogP contribution in [0.4, 0.5) is 10.1 Å². The lowest BCUT2D eigenvalue weighted by Crippen LogP contribution is -2.45. The predicted octanol–water partition coefficient (Wildman–Crippen LogP) is 1.87. The number of carbonyl (C=O) groups is 1. The van der Waals surface area contributed by atoms with Gasteiger partial charge >= 0.3 is 10.2 Å². The molecule has 12 heteroatoms. The van der Waals surface area contributed by atoms with E-state index in [-0.39, 0.29) is 18.1 Å². The van der Waals surface area contributed by atoms with E-state index < -0.39 is 28.5 Å². The van der Waals surface area contributed by atoms with Crippen molar-refractivity contribution in [2.45, 2.75) is 6.54 Å². The third-order valence-corrected chi connectivity index (χ3v) is 6.47. The summed E-state index contributed by atoms with van der Waals surface area (Å²) in [4.78, 5) is 17.4. The van der Waals surface area contributed by atoms with E-state index in [1.807, 2.05) is 17.5 Å². The Morgan fingerprint density at radius 1 is 1.24 bits per heavy atom. The average molecular weight is 439 g/mol. The second-order valence-electron chi connectivity index (χ2n) is 6.04. The number of benzene rings is 1. The molecule has 0 atom stereocenters. The van der Waals surface area contributed by atoms with E-state index in [2.05, 4.69) is 15.5 Å². The summed E-state index contributed by atoms with van der Waals surface area (Å²) in [6, 6.07) is 8.51. The highest BCUT2D eigenvalue weighted by Gasteiger charge is 2.27. The van der Waals surface area contributed by atoms with Gasteiger partial charge in [-0.2, -0.15) is 17.7 Å². The van der Waals surface area contributed by atoms with Gasteiger partial charge in [0.15, 0.2) is 0 Å². The van der Waals surface area contributed by atoms with Gasteiger partial charge in [0.05, 0.1) is 17.1 Å². The van der Waals surface area contributed by atoms with Gasteiger partial charge in [-0.1, -0.05) is 11.2 Å². The molecule has 0 aliphatic heterocycles. The average Bonchev–Trinajstić information content (AvgIpc) is 3.36. The minimum absolute atomic E-state index is 0.0590. The van der Waals surface area contributed by atoms with Crippen molar-refractivity contribution < 1.29 is 22.1 Å². The van der Waals surface area contributed by atoms with Gasteiger partial charge < -0.3 is 9.84 Å². The third-order valence-electron chi connectivity index (χ3n) is 3.79. The zero-order valence-corrected chi connectivity index (χ0v) is 17.2. The number of amides is 1. The molecule has 0 fully saturated rings. The summed E-state index contributed by atoms with van der Waals surface area (Å²) >= 11 is 1.45. The number of anilines is 1. The van der Waals surface area contributed by atoms with E-state index >= 15 is 0 Å². The maximum absolute atomic E-state index is 13.2. The maximum Gasteiger partial charge on any atom is 0.304 e. The van der Waals surface area contributed by atoms with Crippen molar-refractivity contribution in [3.8, 4) is 10.7 Å². The first-order valence-electron chi connectivity index (χ1n) is 8.36. The zero-order chi connectivity index (χ0) is 21.0. The summed E-state index contributed by atoms with van der Waals surface area (Å²) in [6.45, 7) is -0.561. The number of hydrogen-bond acceptors (Lipinski definition) is 7. The van der Waals surface area contributed by atoms with Crippen molar-refractivity contribution in [3.05, 3.63) is 53.5 Å². The fraction of sp³-hybridized carbons (Fsp3) is 0.235.